The van der Waals surface area contributed by atoms with Crippen LogP contribution < -0.4 is 0 Å². The summed E-state index contributed by atoms with van der Waals surface area (Å²) >= 11 is 0. The summed E-state index contributed by atoms with van der Waals surface area (Å²) in [6, 6.07) is 8.48. The summed E-state index contributed by atoms with van der Waals surface area (Å²) < 4.78 is 6.22. The van der Waals surface area contributed by atoms with E-state index in [1.165, 1.54) is 24.8 Å². The third kappa shape index (κ3) is 3.93. The Morgan fingerprint density at radius 2 is 1.96 bits per heavy atom. The van der Waals surface area contributed by atoms with Gasteiger partial charge in [0.15, 0.2) is 0 Å². The van der Waals surface area contributed by atoms with Crippen LogP contribution in [-0.4, -0.2) is 48.3 Å². The first-order valence-corrected chi connectivity index (χ1v) is 10.8. The van der Waals surface area contributed by atoms with Crippen LogP contribution in [0.5, 0.6) is 0 Å². The summed E-state index contributed by atoms with van der Waals surface area (Å²) in [6.45, 7) is 3.45. The second-order valence-corrected chi connectivity index (χ2v) is 8.75. The van der Waals surface area contributed by atoms with Gasteiger partial charge in [0.1, 0.15) is 6.10 Å². The topological polar surface area (TPSA) is 49.8 Å². The van der Waals surface area contributed by atoms with Crippen molar-refractivity contribution in [2.75, 3.05) is 26.2 Å². The van der Waals surface area contributed by atoms with Crippen LogP contribution >= 0.6 is 0 Å². The molecule has 3 saturated heterocycles. The second-order valence-electron chi connectivity index (χ2n) is 8.75. The van der Waals surface area contributed by atoms with Crippen molar-refractivity contribution < 1.29 is 14.6 Å². The molecular weight excluding hydrogens is 338 g/mol. The lowest BCUT2D eigenvalue weighted by molar-refractivity contribution is -0.167. The van der Waals surface area contributed by atoms with Gasteiger partial charge in [-0.15, -0.1) is 0 Å². The smallest absolute Gasteiger partial charge is 0.316 e. The third-order valence-corrected chi connectivity index (χ3v) is 7.06. The number of hydrogen-bond donors (Lipinski definition) is 1. The molecular formula is C23H33NO3. The van der Waals surface area contributed by atoms with Gasteiger partial charge in [-0.1, -0.05) is 43.5 Å². The van der Waals surface area contributed by atoms with E-state index in [2.05, 4.69) is 29.2 Å². The van der Waals surface area contributed by atoms with Crippen molar-refractivity contribution in [1.82, 2.24) is 4.90 Å². The quantitative estimate of drug-likeness (QED) is 0.778. The summed E-state index contributed by atoms with van der Waals surface area (Å²) in [6.07, 6.45) is 9.23. The average molecular weight is 372 g/mol. The van der Waals surface area contributed by atoms with Crippen LogP contribution in [-0.2, 0) is 21.4 Å². The highest BCUT2D eigenvalue weighted by atomic mass is 16.5. The van der Waals surface area contributed by atoms with Crippen molar-refractivity contribution in [1.29, 1.82) is 0 Å². The highest BCUT2D eigenvalue weighted by Gasteiger charge is 2.45. The highest BCUT2D eigenvalue weighted by molar-refractivity contribution is 5.83. The lowest BCUT2D eigenvalue weighted by atomic mass is 9.69. The van der Waals surface area contributed by atoms with Crippen LogP contribution in [0.25, 0.3) is 0 Å². The molecule has 4 heteroatoms. The monoisotopic (exact) mass is 371 g/mol. The van der Waals surface area contributed by atoms with Crippen molar-refractivity contribution >= 4 is 5.97 Å². The summed E-state index contributed by atoms with van der Waals surface area (Å²) in [5, 5.41) is 9.14. The van der Waals surface area contributed by atoms with Gasteiger partial charge < -0.3 is 9.84 Å². The molecule has 1 unspecified atom stereocenters. The Hall–Kier alpha value is -1.39. The molecule has 0 spiro atoms. The van der Waals surface area contributed by atoms with Gasteiger partial charge in [-0.3, -0.25) is 9.69 Å². The molecule has 0 aromatic heterocycles. The van der Waals surface area contributed by atoms with Gasteiger partial charge >= 0.3 is 5.97 Å². The number of esters is 1. The first-order valence-electron chi connectivity index (χ1n) is 10.8. The van der Waals surface area contributed by atoms with Gasteiger partial charge in [-0.25, -0.2) is 0 Å². The molecule has 3 aliphatic heterocycles. The van der Waals surface area contributed by atoms with Crippen molar-refractivity contribution in [3.8, 4) is 0 Å². The Labute approximate surface area is 162 Å². The number of piperidine rings is 3. The largest absolute Gasteiger partial charge is 0.460 e. The number of ether oxygens (including phenoxy) is 1. The molecule has 1 saturated carbocycles. The van der Waals surface area contributed by atoms with Gasteiger partial charge in [0.2, 0.25) is 0 Å². The van der Waals surface area contributed by atoms with Crippen molar-refractivity contribution in [2.24, 2.45) is 5.92 Å². The van der Waals surface area contributed by atoms with E-state index in [4.69, 9.17) is 9.84 Å². The standard InChI is InChI=1S/C23H33NO3/c25-15-5-7-18-6-4-8-20(16-18)23(11-2-1-3-12-23)22(26)27-21-17-24-13-9-19(21)10-14-24/h4,6,8,16,19,21,25H,1-3,5,7,9-15,17H2. The summed E-state index contributed by atoms with van der Waals surface area (Å²) in [5.74, 6) is 0.565. The summed E-state index contributed by atoms with van der Waals surface area (Å²) in [5.41, 5.74) is 1.87. The minimum atomic E-state index is -0.473. The summed E-state index contributed by atoms with van der Waals surface area (Å²) in [4.78, 5) is 16.0. The molecule has 1 N–H and O–H groups in total. The molecule has 1 aromatic rings. The van der Waals surface area contributed by atoms with Crippen LogP contribution in [0.15, 0.2) is 24.3 Å². The van der Waals surface area contributed by atoms with Gasteiger partial charge in [-0.2, -0.15) is 0 Å². The van der Waals surface area contributed by atoms with Crippen LogP contribution in [0.2, 0.25) is 0 Å². The minimum absolute atomic E-state index is 0.0141. The fourth-order valence-corrected chi connectivity index (χ4v) is 5.37. The van der Waals surface area contributed by atoms with Crippen molar-refractivity contribution in [2.45, 2.75) is 69.3 Å². The highest BCUT2D eigenvalue weighted by Crippen LogP contribution is 2.42. The van der Waals surface area contributed by atoms with E-state index < -0.39 is 5.41 Å². The summed E-state index contributed by atoms with van der Waals surface area (Å²) in [7, 11) is 0. The lowest BCUT2D eigenvalue weighted by Crippen LogP contribution is -2.53. The van der Waals surface area contributed by atoms with E-state index in [0.29, 0.717) is 5.92 Å². The zero-order valence-corrected chi connectivity index (χ0v) is 16.4. The molecule has 4 fully saturated rings. The Balaban J connectivity index is 1.55. The average Bonchev–Trinajstić information content (AvgIpc) is 2.74. The molecule has 1 atom stereocenters. The molecule has 4 aliphatic rings. The Kier molecular flexibility index (Phi) is 5.84. The van der Waals surface area contributed by atoms with E-state index in [-0.39, 0.29) is 18.7 Å². The SMILES string of the molecule is O=C(OC1CN2CCC1CC2)C1(c2cccc(CCCO)c2)CCCCC1. The minimum Gasteiger partial charge on any atom is -0.460 e. The predicted molar refractivity (Wildman–Crippen MR) is 106 cm³/mol. The molecule has 5 rings (SSSR count). The number of aliphatic hydroxyl groups is 1. The fraction of sp³-hybridized carbons (Fsp3) is 0.696. The number of carbonyl (C=O) groups excluding carboxylic acids is 1. The van der Waals surface area contributed by atoms with Crippen LogP contribution in [0.1, 0.15) is 62.5 Å². The van der Waals surface area contributed by atoms with Crippen molar-refractivity contribution in [3.63, 3.8) is 0 Å². The molecule has 148 valence electrons. The molecule has 2 bridgehead atoms. The molecule has 3 heterocycles. The number of aliphatic hydroxyl groups excluding tert-OH is 1. The number of fused-ring (bicyclic) bond motifs is 3. The maximum absolute atomic E-state index is 13.5. The normalized spacial score (nSPS) is 29.4. The maximum atomic E-state index is 13.5. The zero-order chi connectivity index (χ0) is 18.7. The Morgan fingerprint density at radius 1 is 1.19 bits per heavy atom. The second kappa shape index (κ2) is 8.32. The molecule has 27 heavy (non-hydrogen) atoms. The maximum Gasteiger partial charge on any atom is 0.316 e. The third-order valence-electron chi connectivity index (χ3n) is 7.06. The number of hydrogen-bond acceptors (Lipinski definition) is 4. The number of carbonyl (C=O) groups is 1. The molecule has 1 aromatic carbocycles. The van der Waals surface area contributed by atoms with E-state index in [9.17, 15) is 4.79 Å². The van der Waals surface area contributed by atoms with Gasteiger partial charge in [0.25, 0.3) is 0 Å². The lowest BCUT2D eigenvalue weighted by Gasteiger charge is -2.45. The fourth-order valence-electron chi connectivity index (χ4n) is 5.37. The molecule has 0 amide bonds. The Bertz CT molecular complexity index is 645. The van der Waals surface area contributed by atoms with E-state index >= 15 is 0 Å². The van der Waals surface area contributed by atoms with Gasteiger partial charge in [-0.05, 0) is 68.7 Å². The molecule has 4 nitrogen and oxygen atoms in total. The van der Waals surface area contributed by atoms with Crippen LogP contribution in [0.4, 0.5) is 0 Å². The van der Waals surface area contributed by atoms with Gasteiger partial charge in [0.05, 0.1) is 5.41 Å². The number of nitrogens with zero attached hydrogens (tertiary/aromatic N) is 1. The number of aryl methyl sites for hydroxylation is 1. The first-order chi connectivity index (χ1) is 13.2. The molecule has 0 radical (unpaired) electrons. The van der Waals surface area contributed by atoms with Gasteiger partial charge in [0, 0.05) is 13.2 Å². The number of rotatable bonds is 6. The van der Waals surface area contributed by atoms with Crippen LogP contribution in [0.3, 0.4) is 0 Å². The number of benzene rings is 1. The Morgan fingerprint density at radius 3 is 2.63 bits per heavy atom. The van der Waals surface area contributed by atoms with Crippen LogP contribution in [0, 0.1) is 5.92 Å². The van der Waals surface area contributed by atoms with E-state index in [1.807, 2.05) is 0 Å². The zero-order valence-electron chi connectivity index (χ0n) is 16.4. The predicted octanol–water partition coefficient (Wildman–Crippen LogP) is 3.45. The molecule has 1 aliphatic carbocycles. The first kappa shape index (κ1) is 18.9. The van der Waals surface area contributed by atoms with Crippen molar-refractivity contribution in [3.05, 3.63) is 35.4 Å². The van der Waals surface area contributed by atoms with E-state index in [0.717, 1.165) is 63.7 Å². The van der Waals surface area contributed by atoms with E-state index in [1.54, 1.807) is 0 Å².